The standard InChI is InChI=1S/C21H25N5O2S/c1-5-15(3)16-7-9-17(10-8-16)22-20(27)13-29-21-23-24-25-26(21)18-12-14(2)6-11-19(18)28-4/h6-12,15H,5,13H2,1-4H3,(H,22,27)/t15-/m1/s1. The number of methoxy groups -OCH3 is 1. The molecular weight excluding hydrogens is 386 g/mol. The minimum absolute atomic E-state index is 0.114. The Hall–Kier alpha value is -2.87. The van der Waals surface area contributed by atoms with E-state index in [9.17, 15) is 4.79 Å². The van der Waals surface area contributed by atoms with Crippen molar-refractivity contribution in [3.8, 4) is 11.4 Å². The van der Waals surface area contributed by atoms with Crippen LogP contribution in [0.2, 0.25) is 0 Å². The van der Waals surface area contributed by atoms with Gasteiger partial charge in [0.1, 0.15) is 11.4 Å². The number of nitrogens with zero attached hydrogens (tertiary/aromatic N) is 4. The van der Waals surface area contributed by atoms with Gasteiger partial charge in [-0.2, -0.15) is 4.68 Å². The van der Waals surface area contributed by atoms with Gasteiger partial charge < -0.3 is 10.1 Å². The third-order valence-electron chi connectivity index (χ3n) is 4.71. The van der Waals surface area contributed by atoms with Crippen LogP contribution in [0.5, 0.6) is 5.75 Å². The van der Waals surface area contributed by atoms with Crippen molar-refractivity contribution in [2.45, 2.75) is 38.3 Å². The number of hydrogen-bond donors (Lipinski definition) is 1. The van der Waals surface area contributed by atoms with Crippen molar-refractivity contribution in [2.24, 2.45) is 0 Å². The molecule has 0 saturated heterocycles. The van der Waals surface area contributed by atoms with E-state index in [0.29, 0.717) is 16.8 Å². The molecule has 1 atom stereocenters. The van der Waals surface area contributed by atoms with E-state index in [0.717, 1.165) is 23.4 Å². The third-order valence-corrected chi connectivity index (χ3v) is 5.63. The van der Waals surface area contributed by atoms with E-state index in [4.69, 9.17) is 4.74 Å². The lowest BCUT2D eigenvalue weighted by Gasteiger charge is -2.11. The fourth-order valence-electron chi connectivity index (χ4n) is 2.84. The first-order valence-corrected chi connectivity index (χ1v) is 10.5. The molecule has 29 heavy (non-hydrogen) atoms. The molecule has 0 aliphatic heterocycles. The number of nitrogens with one attached hydrogen (secondary N) is 1. The van der Waals surface area contributed by atoms with Gasteiger partial charge in [-0.05, 0) is 65.1 Å². The Morgan fingerprint density at radius 2 is 2.00 bits per heavy atom. The van der Waals surface area contributed by atoms with Gasteiger partial charge >= 0.3 is 0 Å². The Morgan fingerprint density at radius 1 is 1.24 bits per heavy atom. The van der Waals surface area contributed by atoms with Crippen LogP contribution >= 0.6 is 11.8 Å². The van der Waals surface area contributed by atoms with Crippen molar-refractivity contribution in [1.82, 2.24) is 20.2 Å². The van der Waals surface area contributed by atoms with Gasteiger partial charge in [0.2, 0.25) is 11.1 Å². The number of hydrogen-bond acceptors (Lipinski definition) is 6. The van der Waals surface area contributed by atoms with Crippen molar-refractivity contribution >= 4 is 23.4 Å². The maximum Gasteiger partial charge on any atom is 0.234 e. The van der Waals surface area contributed by atoms with Crippen LogP contribution in [0.15, 0.2) is 47.6 Å². The number of aryl methyl sites for hydroxylation is 1. The number of amides is 1. The largest absolute Gasteiger partial charge is 0.494 e. The summed E-state index contributed by atoms with van der Waals surface area (Å²) in [6.07, 6.45) is 1.09. The molecule has 0 aliphatic rings. The fraction of sp³-hybridized carbons (Fsp3) is 0.333. The van der Waals surface area contributed by atoms with E-state index in [1.807, 2.05) is 37.3 Å². The molecule has 1 amide bonds. The molecule has 0 unspecified atom stereocenters. The predicted molar refractivity (Wildman–Crippen MR) is 115 cm³/mol. The minimum Gasteiger partial charge on any atom is -0.494 e. The van der Waals surface area contributed by atoms with Gasteiger partial charge in [0.15, 0.2) is 0 Å². The molecule has 152 valence electrons. The van der Waals surface area contributed by atoms with Crippen LogP contribution in [-0.2, 0) is 4.79 Å². The van der Waals surface area contributed by atoms with Gasteiger partial charge in [-0.3, -0.25) is 4.79 Å². The zero-order chi connectivity index (χ0) is 20.8. The predicted octanol–water partition coefficient (Wildman–Crippen LogP) is 4.22. The molecule has 0 radical (unpaired) electrons. The Balaban J connectivity index is 1.65. The highest BCUT2D eigenvalue weighted by Gasteiger charge is 2.15. The number of aromatic nitrogens is 4. The Labute approximate surface area is 174 Å². The van der Waals surface area contributed by atoms with E-state index < -0.39 is 0 Å². The smallest absolute Gasteiger partial charge is 0.234 e. The zero-order valence-corrected chi connectivity index (χ0v) is 17.9. The second-order valence-corrected chi connectivity index (χ2v) is 7.76. The van der Waals surface area contributed by atoms with E-state index in [1.54, 1.807) is 11.8 Å². The van der Waals surface area contributed by atoms with Crippen molar-refractivity contribution in [3.05, 3.63) is 53.6 Å². The lowest BCUT2D eigenvalue weighted by Crippen LogP contribution is -2.14. The molecule has 0 bridgehead atoms. The summed E-state index contributed by atoms with van der Waals surface area (Å²) in [4.78, 5) is 12.4. The summed E-state index contributed by atoms with van der Waals surface area (Å²) in [5.74, 6) is 1.25. The topological polar surface area (TPSA) is 81.9 Å². The van der Waals surface area contributed by atoms with Gasteiger partial charge in [-0.25, -0.2) is 0 Å². The number of ether oxygens (including phenoxy) is 1. The van der Waals surface area contributed by atoms with Gasteiger partial charge in [-0.15, -0.1) is 5.10 Å². The summed E-state index contributed by atoms with van der Waals surface area (Å²) in [6.45, 7) is 6.34. The molecule has 0 aliphatic carbocycles. The highest BCUT2D eigenvalue weighted by molar-refractivity contribution is 7.99. The van der Waals surface area contributed by atoms with Gasteiger partial charge in [0, 0.05) is 5.69 Å². The van der Waals surface area contributed by atoms with Crippen LogP contribution in [0, 0.1) is 6.92 Å². The lowest BCUT2D eigenvalue weighted by atomic mass is 9.99. The van der Waals surface area contributed by atoms with Crippen molar-refractivity contribution in [1.29, 1.82) is 0 Å². The van der Waals surface area contributed by atoms with Crippen LogP contribution in [-0.4, -0.2) is 39.0 Å². The molecule has 0 saturated carbocycles. The SMILES string of the molecule is CC[C@@H](C)c1ccc(NC(=O)CSc2nnnn2-c2cc(C)ccc2OC)cc1. The number of carbonyl (C=O) groups is 1. The summed E-state index contributed by atoms with van der Waals surface area (Å²) in [6, 6.07) is 13.8. The average molecular weight is 412 g/mol. The molecule has 1 heterocycles. The maximum atomic E-state index is 12.4. The average Bonchev–Trinajstić information content (AvgIpc) is 3.20. The quantitative estimate of drug-likeness (QED) is 0.559. The summed E-state index contributed by atoms with van der Waals surface area (Å²) >= 11 is 1.27. The normalized spacial score (nSPS) is 11.9. The molecule has 8 heteroatoms. The third kappa shape index (κ3) is 5.14. The zero-order valence-electron chi connectivity index (χ0n) is 17.0. The number of tetrazole rings is 1. The van der Waals surface area contributed by atoms with Crippen LogP contribution in [0.3, 0.4) is 0 Å². The van der Waals surface area contributed by atoms with Crippen molar-refractivity contribution < 1.29 is 9.53 Å². The first kappa shape index (κ1) is 20.9. The summed E-state index contributed by atoms with van der Waals surface area (Å²) in [5.41, 5.74) is 3.85. The lowest BCUT2D eigenvalue weighted by molar-refractivity contribution is -0.113. The van der Waals surface area contributed by atoms with Crippen LogP contribution in [0.25, 0.3) is 5.69 Å². The first-order chi connectivity index (χ1) is 14.0. The minimum atomic E-state index is -0.114. The van der Waals surface area contributed by atoms with Crippen LogP contribution < -0.4 is 10.1 Å². The van der Waals surface area contributed by atoms with Gasteiger partial charge in [0.25, 0.3) is 0 Å². The molecular formula is C21H25N5O2S. The monoisotopic (exact) mass is 411 g/mol. The number of rotatable bonds is 8. The first-order valence-electron chi connectivity index (χ1n) is 9.47. The fourth-order valence-corrected chi connectivity index (χ4v) is 3.53. The molecule has 3 aromatic rings. The van der Waals surface area contributed by atoms with E-state index >= 15 is 0 Å². The Morgan fingerprint density at radius 3 is 2.69 bits per heavy atom. The van der Waals surface area contributed by atoms with E-state index in [-0.39, 0.29) is 11.7 Å². The van der Waals surface area contributed by atoms with Crippen LogP contribution in [0.4, 0.5) is 5.69 Å². The van der Waals surface area contributed by atoms with Gasteiger partial charge in [-0.1, -0.05) is 43.8 Å². The Bertz CT molecular complexity index is 971. The number of anilines is 1. The molecule has 1 aromatic heterocycles. The number of benzene rings is 2. The second-order valence-electron chi connectivity index (χ2n) is 6.82. The summed E-state index contributed by atoms with van der Waals surface area (Å²) in [5, 5.41) is 15.3. The highest BCUT2D eigenvalue weighted by Crippen LogP contribution is 2.27. The second kappa shape index (κ2) is 9.56. The highest BCUT2D eigenvalue weighted by atomic mass is 32.2. The van der Waals surface area contributed by atoms with Crippen LogP contribution in [0.1, 0.15) is 37.3 Å². The maximum absolute atomic E-state index is 12.4. The molecule has 0 spiro atoms. The Kier molecular flexibility index (Phi) is 6.87. The molecule has 2 aromatic carbocycles. The summed E-state index contributed by atoms with van der Waals surface area (Å²) < 4.78 is 7.00. The summed E-state index contributed by atoms with van der Waals surface area (Å²) in [7, 11) is 1.60. The van der Waals surface area contributed by atoms with E-state index in [2.05, 4.69) is 46.8 Å². The van der Waals surface area contributed by atoms with Gasteiger partial charge in [0.05, 0.1) is 12.9 Å². The number of carbonyl (C=O) groups excluding carboxylic acids is 1. The van der Waals surface area contributed by atoms with Crippen molar-refractivity contribution in [2.75, 3.05) is 18.2 Å². The van der Waals surface area contributed by atoms with E-state index in [1.165, 1.54) is 17.3 Å². The molecule has 3 rings (SSSR count). The molecule has 1 N–H and O–H groups in total. The molecule has 0 fully saturated rings. The molecule has 7 nitrogen and oxygen atoms in total. The number of thioether (sulfide) groups is 1. The van der Waals surface area contributed by atoms with Crippen molar-refractivity contribution in [3.63, 3.8) is 0 Å².